The van der Waals surface area contributed by atoms with Crippen molar-refractivity contribution in [3.63, 3.8) is 0 Å². The number of nitrogens with zero attached hydrogens (tertiary/aromatic N) is 5. The predicted octanol–water partition coefficient (Wildman–Crippen LogP) is 3.25. The average Bonchev–Trinajstić information content (AvgIpc) is 2.72. The molecule has 0 spiro atoms. The lowest BCUT2D eigenvalue weighted by molar-refractivity contribution is 0.544. The first-order valence-electron chi connectivity index (χ1n) is 8.86. The third kappa shape index (κ3) is 3.56. The van der Waals surface area contributed by atoms with Gasteiger partial charge in [-0.15, -0.1) is 0 Å². The largest absolute Gasteiger partial charge is 0.363 e. The van der Waals surface area contributed by atoms with Crippen LogP contribution in [0.2, 0.25) is 0 Å². The molecule has 8 heteroatoms. The molecule has 1 aromatic carbocycles. The number of benzene rings is 1. The van der Waals surface area contributed by atoms with Gasteiger partial charge in [0.15, 0.2) is 5.65 Å². The molecule has 0 aliphatic rings. The minimum atomic E-state index is -0.740. The highest BCUT2D eigenvalue weighted by molar-refractivity contribution is 5.70. The van der Waals surface area contributed by atoms with E-state index in [1.54, 1.807) is 35.4 Å². The van der Waals surface area contributed by atoms with Crippen molar-refractivity contribution in [3.05, 3.63) is 82.5 Å². The SMILES string of the molecule is CN(C)c1cc(-c2cc(F)c(Cn3c(=O)cnc4cccnc43)c(F)c2)ccn1. The molecular weight excluding hydrogens is 376 g/mol. The highest BCUT2D eigenvalue weighted by Gasteiger charge is 2.16. The maximum Gasteiger partial charge on any atom is 0.270 e. The standard InChI is InChI=1S/C21H17F2N5O/c1-27(2)19-10-13(5-7-24-19)14-8-16(22)15(17(23)9-14)12-28-20(29)11-26-18-4-3-6-25-21(18)28/h3-11H,12H2,1-2H3. The van der Waals surface area contributed by atoms with Crippen LogP contribution in [0, 0.1) is 11.6 Å². The number of halogens is 2. The molecule has 0 aliphatic carbocycles. The molecule has 0 saturated carbocycles. The van der Waals surface area contributed by atoms with Gasteiger partial charge < -0.3 is 4.90 Å². The summed E-state index contributed by atoms with van der Waals surface area (Å²) in [7, 11) is 3.67. The molecule has 0 amide bonds. The number of hydrogen-bond donors (Lipinski definition) is 0. The van der Waals surface area contributed by atoms with E-state index >= 15 is 0 Å². The van der Waals surface area contributed by atoms with Crippen LogP contribution in [0.3, 0.4) is 0 Å². The maximum atomic E-state index is 14.9. The fourth-order valence-corrected chi connectivity index (χ4v) is 3.07. The van der Waals surface area contributed by atoms with Crippen LogP contribution in [-0.2, 0) is 6.54 Å². The molecule has 0 radical (unpaired) electrons. The van der Waals surface area contributed by atoms with E-state index in [2.05, 4.69) is 15.0 Å². The number of pyridine rings is 2. The Balaban J connectivity index is 1.77. The molecule has 3 aromatic heterocycles. The third-order valence-electron chi connectivity index (χ3n) is 4.60. The zero-order valence-electron chi connectivity index (χ0n) is 15.8. The molecule has 3 heterocycles. The molecule has 0 unspecified atom stereocenters. The second-order valence-corrected chi connectivity index (χ2v) is 6.74. The molecule has 6 nitrogen and oxygen atoms in total. The van der Waals surface area contributed by atoms with Crippen LogP contribution in [-0.4, -0.2) is 33.6 Å². The van der Waals surface area contributed by atoms with E-state index in [9.17, 15) is 13.6 Å². The number of rotatable bonds is 4. The molecule has 0 aliphatic heterocycles. The summed E-state index contributed by atoms with van der Waals surface area (Å²) >= 11 is 0. The van der Waals surface area contributed by atoms with Crippen LogP contribution < -0.4 is 10.5 Å². The number of aromatic nitrogens is 4. The topological polar surface area (TPSA) is 63.9 Å². The molecule has 0 N–H and O–H groups in total. The van der Waals surface area contributed by atoms with Gasteiger partial charge in [0.1, 0.15) is 23.0 Å². The Labute approximate surface area is 165 Å². The second kappa shape index (κ2) is 7.38. The first-order chi connectivity index (χ1) is 13.9. The van der Waals surface area contributed by atoms with Crippen LogP contribution in [0.1, 0.15) is 5.56 Å². The smallest absolute Gasteiger partial charge is 0.270 e. The highest BCUT2D eigenvalue weighted by atomic mass is 19.1. The van der Waals surface area contributed by atoms with Crippen LogP contribution in [0.5, 0.6) is 0 Å². The minimum absolute atomic E-state index is 0.212. The molecule has 0 bridgehead atoms. The third-order valence-corrected chi connectivity index (χ3v) is 4.60. The van der Waals surface area contributed by atoms with Gasteiger partial charge >= 0.3 is 0 Å². The van der Waals surface area contributed by atoms with Crippen molar-refractivity contribution in [1.29, 1.82) is 0 Å². The Morgan fingerprint density at radius 2 is 1.72 bits per heavy atom. The van der Waals surface area contributed by atoms with Gasteiger partial charge in [-0.3, -0.25) is 9.36 Å². The van der Waals surface area contributed by atoms with Gasteiger partial charge in [-0.05, 0) is 47.5 Å². The number of hydrogen-bond acceptors (Lipinski definition) is 5. The Morgan fingerprint density at radius 1 is 0.966 bits per heavy atom. The summed E-state index contributed by atoms with van der Waals surface area (Å²) in [5.41, 5.74) is 1.07. The fourth-order valence-electron chi connectivity index (χ4n) is 3.07. The van der Waals surface area contributed by atoms with Crippen LogP contribution in [0.4, 0.5) is 14.6 Å². The molecule has 4 aromatic rings. The summed E-state index contributed by atoms with van der Waals surface area (Å²) in [5, 5.41) is 0. The summed E-state index contributed by atoms with van der Waals surface area (Å²) < 4.78 is 30.9. The Bertz CT molecular complexity index is 1250. The zero-order valence-corrected chi connectivity index (χ0v) is 15.8. The van der Waals surface area contributed by atoms with E-state index in [1.807, 2.05) is 14.1 Å². The predicted molar refractivity (Wildman–Crippen MR) is 107 cm³/mol. The van der Waals surface area contributed by atoms with Crippen molar-refractivity contribution in [2.24, 2.45) is 0 Å². The molecule has 0 fully saturated rings. The first kappa shape index (κ1) is 18.7. The molecule has 29 heavy (non-hydrogen) atoms. The first-order valence-corrected chi connectivity index (χ1v) is 8.86. The van der Waals surface area contributed by atoms with Crippen LogP contribution in [0.25, 0.3) is 22.3 Å². The fraction of sp³-hybridized carbons (Fsp3) is 0.143. The van der Waals surface area contributed by atoms with Crippen molar-refractivity contribution in [2.45, 2.75) is 6.54 Å². The second-order valence-electron chi connectivity index (χ2n) is 6.74. The summed E-state index contributed by atoms with van der Waals surface area (Å²) in [6.45, 7) is -0.286. The lowest BCUT2D eigenvalue weighted by Crippen LogP contribution is -2.23. The molecule has 0 atom stereocenters. The zero-order chi connectivity index (χ0) is 20.5. The van der Waals surface area contributed by atoms with E-state index in [0.29, 0.717) is 22.5 Å². The Hall–Kier alpha value is -3.68. The van der Waals surface area contributed by atoms with E-state index < -0.39 is 17.2 Å². The van der Waals surface area contributed by atoms with Crippen molar-refractivity contribution in [1.82, 2.24) is 19.5 Å². The van der Waals surface area contributed by atoms with Crippen molar-refractivity contribution in [2.75, 3.05) is 19.0 Å². The summed E-state index contributed by atoms with van der Waals surface area (Å²) in [5.74, 6) is -0.805. The van der Waals surface area contributed by atoms with Gasteiger partial charge in [-0.2, -0.15) is 0 Å². The molecule has 146 valence electrons. The van der Waals surface area contributed by atoms with Gasteiger partial charge in [0.25, 0.3) is 5.56 Å². The van der Waals surface area contributed by atoms with E-state index in [1.165, 1.54) is 22.9 Å². The lowest BCUT2D eigenvalue weighted by atomic mass is 10.0. The Morgan fingerprint density at radius 3 is 2.45 bits per heavy atom. The maximum absolute atomic E-state index is 14.9. The van der Waals surface area contributed by atoms with Crippen molar-refractivity contribution < 1.29 is 8.78 Å². The summed E-state index contributed by atoms with van der Waals surface area (Å²) in [6.07, 6.45) is 4.21. The minimum Gasteiger partial charge on any atom is -0.363 e. The quantitative estimate of drug-likeness (QED) is 0.533. The van der Waals surface area contributed by atoms with Crippen molar-refractivity contribution in [3.8, 4) is 11.1 Å². The normalized spacial score (nSPS) is 11.0. The van der Waals surface area contributed by atoms with Gasteiger partial charge in [0, 0.05) is 32.1 Å². The highest BCUT2D eigenvalue weighted by Crippen LogP contribution is 2.27. The van der Waals surface area contributed by atoms with Gasteiger partial charge in [-0.25, -0.2) is 23.7 Å². The molecular formula is C21H17F2N5O. The molecule has 4 rings (SSSR count). The summed E-state index contributed by atoms with van der Waals surface area (Å²) in [6, 6.07) is 9.31. The van der Waals surface area contributed by atoms with Crippen molar-refractivity contribution >= 4 is 17.0 Å². The van der Waals surface area contributed by atoms with Crippen LogP contribution in [0.15, 0.2) is 59.8 Å². The van der Waals surface area contributed by atoms with Gasteiger partial charge in [0.2, 0.25) is 0 Å². The lowest BCUT2D eigenvalue weighted by Gasteiger charge is -2.14. The van der Waals surface area contributed by atoms with E-state index in [4.69, 9.17) is 0 Å². The monoisotopic (exact) mass is 393 g/mol. The summed E-state index contributed by atoms with van der Waals surface area (Å²) in [4.78, 5) is 26.4. The molecule has 0 saturated heterocycles. The van der Waals surface area contributed by atoms with Gasteiger partial charge in [-0.1, -0.05) is 0 Å². The van der Waals surface area contributed by atoms with E-state index in [0.717, 1.165) is 6.20 Å². The average molecular weight is 393 g/mol. The van der Waals surface area contributed by atoms with E-state index in [-0.39, 0.29) is 17.8 Å². The van der Waals surface area contributed by atoms with Crippen LogP contribution >= 0.6 is 0 Å². The number of fused-ring (bicyclic) bond motifs is 1. The Kier molecular flexibility index (Phi) is 4.75. The van der Waals surface area contributed by atoms with Gasteiger partial charge in [0.05, 0.1) is 12.7 Å². The number of anilines is 1.